The molecule has 0 aromatic heterocycles. The van der Waals surface area contributed by atoms with E-state index >= 15 is 0 Å². The first-order valence-electron chi connectivity index (χ1n) is 6.43. The van der Waals surface area contributed by atoms with Crippen molar-refractivity contribution in [2.75, 3.05) is 13.3 Å². The molecule has 2 aromatic carbocycles. The summed E-state index contributed by atoms with van der Waals surface area (Å²) in [5.74, 6) is 0.576. The molecule has 1 unspecified atom stereocenters. The molecule has 2 aromatic rings. The molecule has 0 fully saturated rings. The predicted molar refractivity (Wildman–Crippen MR) is 82.2 cm³/mol. The summed E-state index contributed by atoms with van der Waals surface area (Å²) >= 11 is 1.57. The second kappa shape index (κ2) is 6.77. The highest BCUT2D eigenvalue weighted by Crippen LogP contribution is 2.33. The fraction of sp³-hybridized carbons (Fsp3) is 0.250. The van der Waals surface area contributed by atoms with Crippen LogP contribution < -0.4 is 10.1 Å². The van der Waals surface area contributed by atoms with Gasteiger partial charge in [-0.3, -0.25) is 0 Å². The fourth-order valence-corrected chi connectivity index (χ4v) is 2.38. The Kier molecular flexibility index (Phi) is 5.04. The van der Waals surface area contributed by atoms with Crippen LogP contribution >= 0.6 is 11.8 Å². The minimum atomic E-state index is -0.347. The predicted octanol–water partition coefficient (Wildman–Crippen LogP) is 4.62. The zero-order valence-corrected chi connectivity index (χ0v) is 12.6. The van der Waals surface area contributed by atoms with Crippen LogP contribution in [0, 0.1) is 5.82 Å². The minimum absolute atomic E-state index is 0.108. The third-order valence-electron chi connectivity index (χ3n) is 3.18. The lowest BCUT2D eigenvalue weighted by Gasteiger charge is -2.13. The van der Waals surface area contributed by atoms with Gasteiger partial charge in [-0.1, -0.05) is 18.2 Å². The van der Waals surface area contributed by atoms with Crippen molar-refractivity contribution in [2.45, 2.75) is 17.9 Å². The van der Waals surface area contributed by atoms with Crippen molar-refractivity contribution >= 4 is 11.8 Å². The van der Waals surface area contributed by atoms with Crippen LogP contribution in [0.3, 0.4) is 0 Å². The maximum atomic E-state index is 14.1. The molecule has 0 saturated carbocycles. The van der Waals surface area contributed by atoms with Crippen LogP contribution in [0.5, 0.6) is 11.5 Å². The molecule has 0 heterocycles. The Morgan fingerprint density at radius 2 is 1.90 bits per heavy atom. The zero-order valence-electron chi connectivity index (χ0n) is 11.8. The van der Waals surface area contributed by atoms with Gasteiger partial charge in [0.05, 0.1) is 0 Å². The number of halogens is 1. The van der Waals surface area contributed by atoms with E-state index in [0.29, 0.717) is 5.75 Å². The van der Waals surface area contributed by atoms with E-state index < -0.39 is 0 Å². The second-order valence-corrected chi connectivity index (χ2v) is 5.30. The van der Waals surface area contributed by atoms with E-state index in [9.17, 15) is 4.39 Å². The lowest BCUT2D eigenvalue weighted by molar-refractivity contribution is 0.432. The van der Waals surface area contributed by atoms with Crippen LogP contribution in [-0.2, 0) is 0 Å². The summed E-state index contributed by atoms with van der Waals surface area (Å²) in [5.41, 5.74) is 0.899. The lowest BCUT2D eigenvalue weighted by Crippen LogP contribution is -2.12. The summed E-state index contributed by atoms with van der Waals surface area (Å²) in [7, 11) is 1.85. The standard InChI is InChI=1S/C16H18FNOS/c1-11(18-2)12-8-9-14(13(17)10-12)19-15-6-4-5-7-16(15)20-3/h4-11,18H,1-3H3. The molecule has 0 spiro atoms. The van der Waals surface area contributed by atoms with Gasteiger partial charge in [0.2, 0.25) is 0 Å². The Morgan fingerprint density at radius 3 is 2.55 bits per heavy atom. The highest BCUT2D eigenvalue weighted by Gasteiger charge is 2.11. The normalized spacial score (nSPS) is 12.2. The molecule has 2 nitrogen and oxygen atoms in total. The second-order valence-electron chi connectivity index (χ2n) is 4.45. The van der Waals surface area contributed by atoms with Crippen LogP contribution in [0.15, 0.2) is 47.4 Å². The molecule has 0 aliphatic heterocycles. The highest BCUT2D eigenvalue weighted by atomic mass is 32.2. The average molecular weight is 291 g/mol. The Balaban J connectivity index is 2.26. The topological polar surface area (TPSA) is 21.3 Å². The van der Waals surface area contributed by atoms with E-state index in [1.165, 1.54) is 6.07 Å². The highest BCUT2D eigenvalue weighted by molar-refractivity contribution is 7.98. The molecule has 0 amide bonds. The van der Waals surface area contributed by atoms with Crippen molar-refractivity contribution in [2.24, 2.45) is 0 Å². The van der Waals surface area contributed by atoms with Gasteiger partial charge in [-0.15, -0.1) is 11.8 Å². The van der Waals surface area contributed by atoms with E-state index in [2.05, 4.69) is 5.32 Å². The molecular formula is C16H18FNOS. The SMILES string of the molecule is CNC(C)c1ccc(Oc2ccccc2SC)c(F)c1. The van der Waals surface area contributed by atoms with Gasteiger partial charge >= 0.3 is 0 Å². The van der Waals surface area contributed by atoms with Gasteiger partial charge in [0, 0.05) is 10.9 Å². The molecule has 4 heteroatoms. The van der Waals surface area contributed by atoms with Crippen molar-refractivity contribution in [3.05, 3.63) is 53.8 Å². The molecular weight excluding hydrogens is 273 g/mol. The molecule has 0 saturated heterocycles. The number of nitrogens with one attached hydrogen (secondary N) is 1. The van der Waals surface area contributed by atoms with E-state index in [-0.39, 0.29) is 17.6 Å². The monoisotopic (exact) mass is 291 g/mol. The first-order valence-corrected chi connectivity index (χ1v) is 7.65. The van der Waals surface area contributed by atoms with Crippen LogP contribution in [0.2, 0.25) is 0 Å². The molecule has 1 atom stereocenters. The van der Waals surface area contributed by atoms with Gasteiger partial charge in [-0.2, -0.15) is 0 Å². The molecule has 106 valence electrons. The summed E-state index contributed by atoms with van der Waals surface area (Å²) in [5, 5.41) is 3.09. The summed E-state index contributed by atoms with van der Waals surface area (Å²) in [6.45, 7) is 1.98. The molecule has 0 radical (unpaired) electrons. The fourth-order valence-electron chi connectivity index (χ4n) is 1.86. The average Bonchev–Trinajstić information content (AvgIpc) is 2.49. The van der Waals surface area contributed by atoms with Gasteiger partial charge in [-0.05, 0) is 50.1 Å². The molecule has 0 aliphatic carbocycles. The van der Waals surface area contributed by atoms with E-state index in [4.69, 9.17) is 4.74 Å². The Morgan fingerprint density at radius 1 is 1.15 bits per heavy atom. The number of para-hydroxylation sites is 1. The van der Waals surface area contributed by atoms with Gasteiger partial charge in [-0.25, -0.2) is 4.39 Å². The Labute approximate surface area is 123 Å². The summed E-state index contributed by atoms with van der Waals surface area (Å²) in [6.07, 6.45) is 1.97. The smallest absolute Gasteiger partial charge is 0.166 e. The van der Waals surface area contributed by atoms with Crippen LogP contribution in [0.4, 0.5) is 4.39 Å². The van der Waals surface area contributed by atoms with Gasteiger partial charge < -0.3 is 10.1 Å². The summed E-state index contributed by atoms with van der Waals surface area (Å²) in [4.78, 5) is 0.986. The molecule has 0 aliphatic rings. The third kappa shape index (κ3) is 3.32. The molecule has 20 heavy (non-hydrogen) atoms. The van der Waals surface area contributed by atoms with E-state index in [1.54, 1.807) is 17.8 Å². The number of benzene rings is 2. The molecule has 0 bridgehead atoms. The van der Waals surface area contributed by atoms with E-state index in [1.807, 2.05) is 50.6 Å². The maximum absolute atomic E-state index is 14.1. The third-order valence-corrected chi connectivity index (χ3v) is 3.96. The molecule has 1 N–H and O–H groups in total. The summed E-state index contributed by atoms with van der Waals surface area (Å²) < 4.78 is 19.8. The van der Waals surface area contributed by atoms with Crippen LogP contribution in [0.1, 0.15) is 18.5 Å². The van der Waals surface area contributed by atoms with Gasteiger partial charge in [0.1, 0.15) is 5.75 Å². The van der Waals surface area contributed by atoms with Gasteiger partial charge in [0.25, 0.3) is 0 Å². The van der Waals surface area contributed by atoms with Crippen LogP contribution in [-0.4, -0.2) is 13.3 Å². The van der Waals surface area contributed by atoms with Crippen molar-refractivity contribution in [1.82, 2.24) is 5.32 Å². The molecule has 2 rings (SSSR count). The maximum Gasteiger partial charge on any atom is 0.166 e. The lowest BCUT2D eigenvalue weighted by atomic mass is 10.1. The van der Waals surface area contributed by atoms with E-state index in [0.717, 1.165) is 10.5 Å². The largest absolute Gasteiger partial charge is 0.453 e. The van der Waals surface area contributed by atoms with Crippen molar-refractivity contribution in [3.8, 4) is 11.5 Å². The van der Waals surface area contributed by atoms with Gasteiger partial charge in [0.15, 0.2) is 11.6 Å². The Hall–Kier alpha value is -1.52. The number of rotatable bonds is 5. The van der Waals surface area contributed by atoms with Crippen molar-refractivity contribution < 1.29 is 9.13 Å². The summed E-state index contributed by atoms with van der Waals surface area (Å²) in [6, 6.07) is 12.8. The number of thioether (sulfide) groups is 1. The number of ether oxygens (including phenoxy) is 1. The zero-order chi connectivity index (χ0) is 14.5. The van der Waals surface area contributed by atoms with Crippen molar-refractivity contribution in [1.29, 1.82) is 0 Å². The van der Waals surface area contributed by atoms with Crippen LogP contribution in [0.25, 0.3) is 0 Å². The first-order chi connectivity index (χ1) is 9.65. The first kappa shape index (κ1) is 14.9. The number of hydrogen-bond acceptors (Lipinski definition) is 3. The minimum Gasteiger partial charge on any atom is -0.453 e. The number of hydrogen-bond donors (Lipinski definition) is 1. The Bertz CT molecular complexity index is 588. The quantitative estimate of drug-likeness (QED) is 0.812. The van der Waals surface area contributed by atoms with Crippen molar-refractivity contribution in [3.63, 3.8) is 0 Å².